The van der Waals surface area contributed by atoms with Gasteiger partial charge in [-0.2, -0.15) is 0 Å². The monoisotopic (exact) mass is 669 g/mol. The van der Waals surface area contributed by atoms with E-state index in [4.69, 9.17) is 28.4 Å². The lowest BCUT2D eigenvalue weighted by molar-refractivity contribution is -0.182. The largest absolute Gasteiger partial charge is 0.489 e. The number of aliphatic hydroxyl groups excluding tert-OH is 1. The van der Waals surface area contributed by atoms with Crippen molar-refractivity contribution in [2.24, 2.45) is 0 Å². The molecule has 10 heteroatoms. The smallest absolute Gasteiger partial charge is 0.408 e. The molecule has 0 radical (unpaired) electrons. The van der Waals surface area contributed by atoms with Crippen LogP contribution in [0.1, 0.15) is 61.8 Å². The molecule has 1 aliphatic heterocycles. The lowest BCUT2D eigenvalue weighted by Gasteiger charge is -2.28. The summed E-state index contributed by atoms with van der Waals surface area (Å²) in [5.74, 6) is 0.0904. The van der Waals surface area contributed by atoms with Crippen molar-refractivity contribution in [3.05, 3.63) is 119 Å². The van der Waals surface area contributed by atoms with Crippen molar-refractivity contribution in [1.82, 2.24) is 5.32 Å². The predicted octanol–water partition coefficient (Wildman–Crippen LogP) is 7.05. The number of nitrogens with one attached hydrogen (secondary N) is 1. The molecule has 2 atom stereocenters. The van der Waals surface area contributed by atoms with Crippen LogP contribution >= 0.6 is 0 Å². The van der Waals surface area contributed by atoms with Crippen LogP contribution in [0.5, 0.6) is 11.5 Å². The van der Waals surface area contributed by atoms with E-state index < -0.39 is 36.1 Å². The first-order chi connectivity index (χ1) is 23.6. The predicted molar refractivity (Wildman–Crippen MR) is 183 cm³/mol. The third-order valence-electron chi connectivity index (χ3n) is 7.67. The highest BCUT2D eigenvalue weighted by Gasteiger charge is 2.34. The van der Waals surface area contributed by atoms with E-state index in [1.54, 1.807) is 32.9 Å². The van der Waals surface area contributed by atoms with Crippen LogP contribution in [0.25, 0.3) is 11.1 Å². The van der Waals surface area contributed by atoms with E-state index in [1.807, 2.05) is 84.9 Å². The maximum absolute atomic E-state index is 13.0. The minimum atomic E-state index is -1.58. The first kappa shape index (κ1) is 35.4. The minimum Gasteiger partial charge on any atom is -0.489 e. The second-order valence-corrected chi connectivity index (χ2v) is 12.6. The Morgan fingerprint density at radius 2 is 1.49 bits per heavy atom. The number of amides is 1. The molecule has 0 spiro atoms. The summed E-state index contributed by atoms with van der Waals surface area (Å²) < 4.78 is 34.7. The van der Waals surface area contributed by atoms with E-state index >= 15 is 0 Å². The number of ether oxygens (including phenoxy) is 6. The fraction of sp³-hybridized carbons (Fsp3) is 0.333. The number of hydrogen-bond acceptors (Lipinski definition) is 9. The molecule has 4 aromatic carbocycles. The van der Waals surface area contributed by atoms with E-state index in [9.17, 15) is 14.7 Å². The quantitative estimate of drug-likeness (QED) is 0.153. The van der Waals surface area contributed by atoms with E-state index in [-0.39, 0.29) is 12.2 Å². The fourth-order valence-corrected chi connectivity index (χ4v) is 5.32. The summed E-state index contributed by atoms with van der Waals surface area (Å²) in [5, 5.41) is 14.3. The van der Waals surface area contributed by atoms with Gasteiger partial charge in [0.2, 0.25) is 0 Å². The van der Waals surface area contributed by atoms with Crippen molar-refractivity contribution < 1.29 is 43.1 Å². The average Bonchev–Trinajstić information content (AvgIpc) is 3.12. The first-order valence-electron chi connectivity index (χ1n) is 16.2. The van der Waals surface area contributed by atoms with Gasteiger partial charge < -0.3 is 38.8 Å². The van der Waals surface area contributed by atoms with Crippen LogP contribution in [0.2, 0.25) is 0 Å². The van der Waals surface area contributed by atoms with Gasteiger partial charge in [0.15, 0.2) is 12.3 Å². The van der Waals surface area contributed by atoms with Crippen molar-refractivity contribution in [2.75, 3.05) is 20.3 Å². The van der Waals surface area contributed by atoms with Gasteiger partial charge in [-0.1, -0.05) is 72.8 Å². The van der Waals surface area contributed by atoms with Gasteiger partial charge in [-0.15, -0.1) is 0 Å². The second-order valence-electron chi connectivity index (χ2n) is 12.6. The summed E-state index contributed by atoms with van der Waals surface area (Å²) >= 11 is 0. The number of benzene rings is 4. The lowest BCUT2D eigenvalue weighted by atomic mass is 9.93. The van der Waals surface area contributed by atoms with Crippen molar-refractivity contribution in [3.63, 3.8) is 0 Å². The van der Waals surface area contributed by atoms with Crippen molar-refractivity contribution >= 4 is 12.1 Å². The highest BCUT2D eigenvalue weighted by molar-refractivity contribution is 5.82. The van der Waals surface area contributed by atoms with Gasteiger partial charge >= 0.3 is 12.1 Å². The van der Waals surface area contributed by atoms with E-state index in [0.717, 1.165) is 28.7 Å². The Balaban J connectivity index is 1.53. The molecule has 2 N–H and O–H groups in total. The van der Waals surface area contributed by atoms with Crippen LogP contribution in [0.4, 0.5) is 4.79 Å². The Labute approximate surface area is 286 Å². The first-order valence-corrected chi connectivity index (χ1v) is 16.2. The third kappa shape index (κ3) is 9.82. The second kappa shape index (κ2) is 16.5. The molecule has 0 aliphatic carbocycles. The zero-order valence-corrected chi connectivity index (χ0v) is 28.2. The molecule has 5 rings (SSSR count). The van der Waals surface area contributed by atoms with Gasteiger partial charge in [-0.25, -0.2) is 9.59 Å². The highest BCUT2D eigenvalue weighted by Crippen LogP contribution is 2.39. The van der Waals surface area contributed by atoms with E-state index in [1.165, 1.54) is 7.11 Å². The molecular formula is C39H43NO9. The van der Waals surface area contributed by atoms with Crippen LogP contribution < -0.4 is 14.8 Å². The van der Waals surface area contributed by atoms with Gasteiger partial charge in [0.05, 0.1) is 20.3 Å². The number of aliphatic hydroxyl groups is 1. The van der Waals surface area contributed by atoms with Crippen molar-refractivity contribution in [3.8, 4) is 22.6 Å². The number of carbonyl (C=O) groups is 2. The summed E-state index contributed by atoms with van der Waals surface area (Å²) in [4.78, 5) is 25.8. The molecule has 1 fully saturated rings. The molecule has 10 nitrogen and oxygen atoms in total. The molecule has 1 heterocycles. The number of carbonyl (C=O) groups excluding carboxylic acids is 2. The lowest BCUT2D eigenvalue weighted by Crippen LogP contribution is -2.47. The molecule has 0 bridgehead atoms. The molecule has 258 valence electrons. The zero-order valence-electron chi connectivity index (χ0n) is 28.2. The molecule has 1 saturated heterocycles. The Bertz CT molecular complexity index is 1680. The van der Waals surface area contributed by atoms with Gasteiger partial charge in [0, 0.05) is 11.1 Å². The molecule has 0 saturated carbocycles. The Hall–Kier alpha value is -4.90. The van der Waals surface area contributed by atoms with Gasteiger partial charge in [0.25, 0.3) is 0 Å². The average molecular weight is 670 g/mol. The molecule has 0 aromatic heterocycles. The maximum atomic E-state index is 13.0. The van der Waals surface area contributed by atoms with Gasteiger partial charge in [0.1, 0.15) is 36.4 Å². The summed E-state index contributed by atoms with van der Waals surface area (Å²) in [6.45, 7) is 6.75. The number of rotatable bonds is 12. The third-order valence-corrected chi connectivity index (χ3v) is 7.67. The van der Waals surface area contributed by atoms with Gasteiger partial charge in [-0.05, 0) is 73.7 Å². The maximum Gasteiger partial charge on any atom is 0.408 e. The normalized spacial score (nSPS) is 14.7. The van der Waals surface area contributed by atoms with Crippen LogP contribution in [-0.4, -0.2) is 49.1 Å². The molecule has 4 aromatic rings. The topological polar surface area (TPSA) is 122 Å². The van der Waals surface area contributed by atoms with E-state index in [0.29, 0.717) is 36.9 Å². The van der Waals surface area contributed by atoms with Crippen LogP contribution in [-0.2, 0) is 37.0 Å². The van der Waals surface area contributed by atoms with E-state index in [2.05, 4.69) is 5.32 Å². The summed E-state index contributed by atoms with van der Waals surface area (Å²) in [6.07, 6.45) is -2.34. The fourth-order valence-electron chi connectivity index (χ4n) is 5.32. The Morgan fingerprint density at radius 3 is 2.10 bits per heavy atom. The SMILES string of the molecule is COC(=O)[C@@H](NC(=O)OC(C)(C)C)[C@H](O)c1cc(-c2ccc(OCc3ccccc3)cc2C2OCCCO2)ccc1OCc1ccccc1. The summed E-state index contributed by atoms with van der Waals surface area (Å²) in [7, 11) is 1.18. The van der Waals surface area contributed by atoms with Crippen LogP contribution in [0.15, 0.2) is 97.1 Å². The summed E-state index contributed by atoms with van der Waals surface area (Å²) in [6, 6.07) is 28.9. The van der Waals surface area contributed by atoms with Crippen LogP contribution in [0.3, 0.4) is 0 Å². The Morgan fingerprint density at radius 1 is 0.857 bits per heavy atom. The Kier molecular flexibility index (Phi) is 11.9. The van der Waals surface area contributed by atoms with Crippen molar-refractivity contribution in [2.45, 2.75) is 64.4 Å². The number of methoxy groups -OCH3 is 1. The van der Waals surface area contributed by atoms with Crippen LogP contribution in [0, 0.1) is 0 Å². The number of alkyl carbamates (subject to hydrolysis) is 1. The minimum absolute atomic E-state index is 0.199. The number of esters is 1. The highest BCUT2D eigenvalue weighted by atomic mass is 16.7. The molecule has 49 heavy (non-hydrogen) atoms. The summed E-state index contributed by atoms with van der Waals surface area (Å²) in [5.41, 5.74) is 3.53. The molecule has 0 unspecified atom stereocenters. The standard InChI is InChI=1S/C39H43NO9/c1-39(2,3)49-38(43)40-34(36(42)44-4)35(41)32-22-28(16-19-33(32)48-25-27-14-9-6-10-15-27)30-18-17-29(47-24-26-12-7-5-8-13-26)23-31(30)37-45-20-11-21-46-37/h5-10,12-19,22-23,34-35,37,41H,11,20-21,24-25H2,1-4H3,(H,40,43)/t34-,35+/m0/s1. The molecular weight excluding hydrogens is 626 g/mol. The van der Waals surface area contributed by atoms with Crippen molar-refractivity contribution in [1.29, 1.82) is 0 Å². The zero-order chi connectivity index (χ0) is 34.8. The number of hydrogen-bond donors (Lipinski definition) is 2. The molecule has 1 amide bonds. The molecule has 1 aliphatic rings. The van der Waals surface area contributed by atoms with Gasteiger partial charge in [-0.3, -0.25) is 0 Å².